The number of hydrogen-bond acceptors (Lipinski definition) is 3. The molecule has 0 amide bonds. The highest BCUT2D eigenvalue weighted by Crippen LogP contribution is 2.35. The van der Waals surface area contributed by atoms with E-state index in [4.69, 9.17) is 0 Å². The van der Waals surface area contributed by atoms with E-state index >= 15 is 0 Å². The minimum Gasteiger partial charge on any atom is -0.508 e. The molecule has 2 nitrogen and oxygen atoms in total. The maximum absolute atomic E-state index is 10.1. The molecule has 0 radical (unpaired) electrons. The van der Waals surface area contributed by atoms with Crippen molar-refractivity contribution in [1.82, 2.24) is 0 Å². The third-order valence-corrected chi connectivity index (χ3v) is 3.99. The summed E-state index contributed by atoms with van der Waals surface area (Å²) >= 11 is 4.13. The fraction of sp³-hybridized carbons (Fsp3) is 0.478. The van der Waals surface area contributed by atoms with E-state index in [0.717, 1.165) is 16.7 Å². The van der Waals surface area contributed by atoms with Gasteiger partial charge in [-0.3, -0.25) is 0 Å². The van der Waals surface area contributed by atoms with E-state index in [1.165, 1.54) is 19.3 Å². The third kappa shape index (κ3) is 8.18. The van der Waals surface area contributed by atoms with Crippen molar-refractivity contribution in [2.24, 2.45) is 0 Å². The van der Waals surface area contributed by atoms with Crippen LogP contribution in [0.15, 0.2) is 41.3 Å². The molecule has 2 aromatic rings. The topological polar surface area (TPSA) is 40.5 Å². The number of thiol groups is 1. The molecule has 2 rings (SSSR count). The van der Waals surface area contributed by atoms with Crippen molar-refractivity contribution in [3.8, 4) is 22.6 Å². The molecule has 0 saturated heterocycles. The van der Waals surface area contributed by atoms with Gasteiger partial charge in [-0.15, -0.1) is 12.6 Å². The van der Waals surface area contributed by atoms with Crippen molar-refractivity contribution in [2.45, 2.75) is 78.0 Å². The number of benzene rings is 2. The van der Waals surface area contributed by atoms with Crippen LogP contribution in [0.25, 0.3) is 11.1 Å². The fourth-order valence-corrected chi connectivity index (χ4v) is 2.19. The maximum Gasteiger partial charge on any atom is 0.129 e. The minimum atomic E-state index is -0.0975. The van der Waals surface area contributed by atoms with Crippen molar-refractivity contribution in [3.63, 3.8) is 0 Å². The Morgan fingerprint density at radius 1 is 0.769 bits per heavy atom. The predicted octanol–water partition coefficient (Wildman–Crippen LogP) is 7.57. The number of hydrogen-bond donors (Lipinski definition) is 3. The Balaban J connectivity index is 0.000000770. The average molecular weight is 377 g/mol. The second kappa shape index (κ2) is 11.9. The van der Waals surface area contributed by atoms with Gasteiger partial charge in [0.25, 0.3) is 0 Å². The molecule has 2 N–H and O–H groups in total. The lowest BCUT2D eigenvalue weighted by molar-refractivity contribution is 0.447. The molecule has 26 heavy (non-hydrogen) atoms. The highest BCUT2D eigenvalue weighted by atomic mass is 32.1. The van der Waals surface area contributed by atoms with Gasteiger partial charge in [-0.1, -0.05) is 85.9 Å². The van der Waals surface area contributed by atoms with Crippen LogP contribution in [-0.4, -0.2) is 10.2 Å². The van der Waals surface area contributed by atoms with Gasteiger partial charge in [0.2, 0.25) is 0 Å². The molecule has 0 bridgehead atoms. The molecule has 0 unspecified atom stereocenters. The van der Waals surface area contributed by atoms with Gasteiger partial charge >= 0.3 is 0 Å². The molecule has 0 spiro atoms. The summed E-state index contributed by atoms with van der Waals surface area (Å²) < 4.78 is 0. The molecule has 3 heteroatoms. The van der Waals surface area contributed by atoms with E-state index in [0.29, 0.717) is 4.90 Å². The van der Waals surface area contributed by atoms with E-state index in [9.17, 15) is 10.2 Å². The number of phenolic OH excluding ortho intramolecular Hbond substituents is 2. The Bertz CT molecular complexity index is 656. The molecule has 0 heterocycles. The molecule has 0 atom stereocenters. The van der Waals surface area contributed by atoms with Crippen LogP contribution in [-0.2, 0) is 5.41 Å². The number of aromatic hydroxyl groups is 2. The standard InChI is InChI=1S/C16H18O2S.C4H10.C3H8/c1-16(2,3)12-6-4-10(8-13(12)17)11-5-7-15(19)14(18)9-11;1-3-4-2;1-3-2/h4-9,17-19H,1-3H3;3-4H2,1-2H3;3H2,1-2H3. The van der Waals surface area contributed by atoms with Gasteiger partial charge < -0.3 is 10.2 Å². The van der Waals surface area contributed by atoms with E-state index in [1.807, 2.05) is 18.2 Å². The van der Waals surface area contributed by atoms with Crippen LogP contribution in [0.4, 0.5) is 0 Å². The minimum absolute atomic E-state index is 0.0975. The molecule has 0 fully saturated rings. The van der Waals surface area contributed by atoms with E-state index in [1.54, 1.807) is 18.2 Å². The average Bonchev–Trinajstić information content (AvgIpc) is 2.57. The molecule has 2 aromatic carbocycles. The zero-order valence-electron chi connectivity index (χ0n) is 17.4. The van der Waals surface area contributed by atoms with E-state index in [-0.39, 0.29) is 16.9 Å². The van der Waals surface area contributed by atoms with Crippen LogP contribution in [0.2, 0.25) is 0 Å². The summed E-state index contributed by atoms with van der Waals surface area (Å²) in [6, 6.07) is 10.9. The second-order valence-corrected chi connectivity index (χ2v) is 7.87. The summed E-state index contributed by atoms with van der Waals surface area (Å²) in [7, 11) is 0. The van der Waals surface area contributed by atoms with E-state index in [2.05, 4.69) is 61.1 Å². The molecule has 0 aliphatic carbocycles. The Kier molecular flexibility index (Phi) is 11.2. The van der Waals surface area contributed by atoms with Crippen molar-refractivity contribution >= 4 is 12.6 Å². The van der Waals surface area contributed by atoms with Gasteiger partial charge in [0.1, 0.15) is 11.5 Å². The summed E-state index contributed by atoms with van der Waals surface area (Å²) in [6.45, 7) is 14.8. The molecular weight excluding hydrogens is 340 g/mol. The first-order valence-electron chi connectivity index (χ1n) is 9.48. The van der Waals surface area contributed by atoms with Crippen molar-refractivity contribution < 1.29 is 10.2 Å². The Morgan fingerprint density at radius 2 is 1.19 bits per heavy atom. The highest BCUT2D eigenvalue weighted by Gasteiger charge is 2.18. The summed E-state index contributed by atoms with van der Waals surface area (Å²) in [5, 5.41) is 19.8. The van der Waals surface area contributed by atoms with E-state index < -0.39 is 0 Å². The van der Waals surface area contributed by atoms with Gasteiger partial charge in [-0.2, -0.15) is 0 Å². The number of rotatable bonds is 2. The highest BCUT2D eigenvalue weighted by molar-refractivity contribution is 7.80. The van der Waals surface area contributed by atoms with Crippen molar-refractivity contribution in [2.75, 3.05) is 0 Å². The van der Waals surface area contributed by atoms with Crippen molar-refractivity contribution in [3.05, 3.63) is 42.0 Å². The summed E-state index contributed by atoms with van der Waals surface area (Å²) in [4.78, 5) is 0.541. The number of unbranched alkanes of at least 4 members (excludes halogenated alkanes) is 1. The summed E-state index contributed by atoms with van der Waals surface area (Å²) in [5.41, 5.74) is 2.53. The lowest BCUT2D eigenvalue weighted by Gasteiger charge is -2.20. The summed E-state index contributed by atoms with van der Waals surface area (Å²) in [6.07, 6.45) is 3.89. The first-order valence-corrected chi connectivity index (χ1v) is 9.92. The van der Waals surface area contributed by atoms with Crippen LogP contribution >= 0.6 is 12.6 Å². The molecule has 0 aromatic heterocycles. The van der Waals surface area contributed by atoms with Crippen LogP contribution < -0.4 is 0 Å². The lowest BCUT2D eigenvalue weighted by Crippen LogP contribution is -2.11. The van der Waals surface area contributed by atoms with Gasteiger partial charge in [0.15, 0.2) is 0 Å². The van der Waals surface area contributed by atoms with Crippen LogP contribution in [0, 0.1) is 0 Å². The zero-order chi connectivity index (χ0) is 20.3. The van der Waals surface area contributed by atoms with Gasteiger partial charge in [0.05, 0.1) is 0 Å². The van der Waals surface area contributed by atoms with Crippen molar-refractivity contribution in [1.29, 1.82) is 0 Å². The monoisotopic (exact) mass is 376 g/mol. The summed E-state index contributed by atoms with van der Waals surface area (Å²) in [5.74, 6) is 0.416. The van der Waals surface area contributed by atoms with Gasteiger partial charge in [-0.25, -0.2) is 0 Å². The Hall–Kier alpha value is -1.61. The maximum atomic E-state index is 10.1. The first-order chi connectivity index (χ1) is 12.1. The van der Waals surface area contributed by atoms with Crippen LogP contribution in [0.3, 0.4) is 0 Å². The zero-order valence-corrected chi connectivity index (χ0v) is 18.3. The number of phenols is 2. The van der Waals surface area contributed by atoms with Gasteiger partial charge in [0, 0.05) is 4.90 Å². The first kappa shape index (κ1) is 24.4. The SMILES string of the molecule is CC(C)(C)c1ccc(-c2ccc(S)c(O)c2)cc1O.CCC.CCCC. The lowest BCUT2D eigenvalue weighted by atomic mass is 9.85. The fourth-order valence-electron chi connectivity index (χ4n) is 2.05. The Labute approximate surface area is 165 Å². The molecule has 0 aliphatic heterocycles. The van der Waals surface area contributed by atoms with Gasteiger partial charge in [-0.05, 0) is 40.3 Å². The predicted molar refractivity (Wildman–Crippen MR) is 118 cm³/mol. The molecular formula is C23H36O2S. The molecule has 146 valence electrons. The molecule has 0 saturated carbocycles. The Morgan fingerprint density at radius 3 is 1.54 bits per heavy atom. The molecule has 0 aliphatic rings. The smallest absolute Gasteiger partial charge is 0.129 e. The quantitative estimate of drug-likeness (QED) is 0.473. The third-order valence-electron chi connectivity index (χ3n) is 3.61. The normalized spacial score (nSPS) is 10.3. The van der Waals surface area contributed by atoms with Crippen LogP contribution in [0.1, 0.15) is 73.3 Å². The van der Waals surface area contributed by atoms with Crippen LogP contribution in [0.5, 0.6) is 11.5 Å². The largest absolute Gasteiger partial charge is 0.508 e. The second-order valence-electron chi connectivity index (χ2n) is 7.39.